The maximum atomic E-state index is 13.7. The van der Waals surface area contributed by atoms with Crippen molar-refractivity contribution in [3.63, 3.8) is 0 Å². The molecule has 0 aromatic heterocycles. The Hall–Kier alpha value is -3.87. The van der Waals surface area contributed by atoms with Crippen molar-refractivity contribution in [3.05, 3.63) is 95.1 Å². The Labute approximate surface area is 164 Å². The molecule has 0 N–H and O–H groups in total. The highest BCUT2D eigenvalue weighted by molar-refractivity contribution is 6.00. The quantitative estimate of drug-likeness (QED) is 0.358. The lowest BCUT2D eigenvalue weighted by Crippen LogP contribution is -2.14. The summed E-state index contributed by atoms with van der Waals surface area (Å²) in [5.74, 6) is -4.11. The van der Waals surface area contributed by atoms with E-state index >= 15 is 0 Å². The predicted molar refractivity (Wildman–Crippen MR) is 99.2 cm³/mol. The summed E-state index contributed by atoms with van der Waals surface area (Å²) in [5, 5.41) is 0. The van der Waals surface area contributed by atoms with Crippen LogP contribution in [0.25, 0.3) is 0 Å². The molecule has 7 heteroatoms. The molecule has 0 bridgehead atoms. The number of benzene rings is 3. The van der Waals surface area contributed by atoms with Gasteiger partial charge in [0.25, 0.3) is 0 Å². The fourth-order valence-electron chi connectivity index (χ4n) is 2.51. The minimum absolute atomic E-state index is 0.0471. The van der Waals surface area contributed by atoms with Gasteiger partial charge >= 0.3 is 11.9 Å². The zero-order chi connectivity index (χ0) is 21.0. The zero-order valence-corrected chi connectivity index (χ0v) is 15.1. The van der Waals surface area contributed by atoms with E-state index in [2.05, 4.69) is 0 Å². The van der Waals surface area contributed by atoms with Gasteiger partial charge in [-0.25, -0.2) is 18.4 Å². The number of Topliss-reactive ketones (excluding diaryl/α,β-unsaturated/α-hetero) is 1. The van der Waals surface area contributed by atoms with Crippen LogP contribution in [0.3, 0.4) is 0 Å². The van der Waals surface area contributed by atoms with Crippen molar-refractivity contribution in [1.82, 2.24) is 0 Å². The van der Waals surface area contributed by atoms with Crippen molar-refractivity contribution in [2.45, 2.75) is 6.92 Å². The average molecular weight is 396 g/mol. The third-order valence-electron chi connectivity index (χ3n) is 3.93. The molecule has 0 aliphatic rings. The van der Waals surface area contributed by atoms with Crippen LogP contribution in [0.15, 0.2) is 66.7 Å². The van der Waals surface area contributed by atoms with Gasteiger partial charge in [-0.1, -0.05) is 24.3 Å². The molecule has 0 aliphatic heterocycles. The number of hydrogen-bond acceptors (Lipinski definition) is 5. The minimum atomic E-state index is -0.985. The van der Waals surface area contributed by atoms with Gasteiger partial charge in [0.2, 0.25) is 0 Å². The molecule has 0 saturated carbocycles. The molecule has 0 aliphatic carbocycles. The van der Waals surface area contributed by atoms with Crippen molar-refractivity contribution in [2.24, 2.45) is 0 Å². The molecule has 29 heavy (non-hydrogen) atoms. The molecule has 3 rings (SSSR count). The van der Waals surface area contributed by atoms with Gasteiger partial charge in [-0.3, -0.25) is 4.79 Å². The highest BCUT2D eigenvalue weighted by atomic mass is 19.1. The highest BCUT2D eigenvalue weighted by Gasteiger charge is 2.19. The van der Waals surface area contributed by atoms with Crippen molar-refractivity contribution in [3.8, 4) is 11.5 Å². The van der Waals surface area contributed by atoms with Crippen LogP contribution in [0.4, 0.5) is 8.78 Å². The van der Waals surface area contributed by atoms with Crippen LogP contribution in [0.5, 0.6) is 11.5 Å². The van der Waals surface area contributed by atoms with Crippen LogP contribution in [-0.2, 0) is 0 Å². The Morgan fingerprint density at radius 3 is 1.72 bits per heavy atom. The summed E-state index contributed by atoms with van der Waals surface area (Å²) in [4.78, 5) is 36.3. The minimum Gasteiger partial charge on any atom is -0.423 e. The Kier molecular flexibility index (Phi) is 5.78. The number of carbonyl (C=O) groups excluding carboxylic acids is 3. The smallest absolute Gasteiger partial charge is 0.346 e. The molecule has 0 radical (unpaired) electrons. The number of ether oxygens (including phenoxy) is 2. The molecule has 0 heterocycles. The van der Waals surface area contributed by atoms with E-state index in [-0.39, 0.29) is 28.2 Å². The zero-order valence-electron chi connectivity index (χ0n) is 15.1. The first-order chi connectivity index (χ1) is 13.9. The van der Waals surface area contributed by atoms with Crippen LogP contribution < -0.4 is 9.47 Å². The van der Waals surface area contributed by atoms with E-state index in [0.29, 0.717) is 0 Å². The number of hydrogen-bond donors (Lipinski definition) is 0. The van der Waals surface area contributed by atoms with Crippen LogP contribution in [-0.4, -0.2) is 17.7 Å². The van der Waals surface area contributed by atoms with Crippen LogP contribution in [0, 0.1) is 11.6 Å². The molecule has 0 spiro atoms. The molecule has 0 saturated heterocycles. The number of ketones is 1. The molecule has 3 aromatic carbocycles. The van der Waals surface area contributed by atoms with Crippen LogP contribution in [0.2, 0.25) is 0 Å². The monoisotopic (exact) mass is 396 g/mol. The number of halogens is 2. The van der Waals surface area contributed by atoms with Gasteiger partial charge < -0.3 is 9.47 Å². The number of carbonyl (C=O) groups is 3. The lowest BCUT2D eigenvalue weighted by atomic mass is 10.1. The summed E-state index contributed by atoms with van der Waals surface area (Å²) in [6.07, 6.45) is 0. The summed E-state index contributed by atoms with van der Waals surface area (Å²) < 4.78 is 37.7. The second kappa shape index (κ2) is 8.43. The first-order valence-electron chi connectivity index (χ1n) is 8.45. The van der Waals surface area contributed by atoms with E-state index in [1.54, 1.807) is 0 Å². The van der Waals surface area contributed by atoms with Gasteiger partial charge in [0, 0.05) is 0 Å². The summed E-state index contributed by atoms with van der Waals surface area (Å²) in [7, 11) is 0. The molecule has 3 aromatic rings. The van der Waals surface area contributed by atoms with Crippen molar-refractivity contribution < 1.29 is 32.6 Å². The van der Waals surface area contributed by atoms with Gasteiger partial charge in [0.05, 0.1) is 16.7 Å². The molecule has 0 fully saturated rings. The van der Waals surface area contributed by atoms with Gasteiger partial charge in [-0.2, -0.15) is 0 Å². The molecule has 0 unspecified atom stereocenters. The largest absolute Gasteiger partial charge is 0.423 e. The van der Waals surface area contributed by atoms with Crippen molar-refractivity contribution >= 4 is 17.7 Å². The summed E-state index contributed by atoms with van der Waals surface area (Å²) >= 11 is 0. The third-order valence-corrected chi connectivity index (χ3v) is 3.93. The molecule has 5 nitrogen and oxygen atoms in total. The maximum Gasteiger partial charge on any atom is 0.346 e. The fraction of sp³-hybridized carbons (Fsp3) is 0.0455. The van der Waals surface area contributed by atoms with Crippen LogP contribution >= 0.6 is 0 Å². The highest BCUT2D eigenvalue weighted by Crippen LogP contribution is 2.27. The molecule has 0 atom stereocenters. The predicted octanol–water partition coefficient (Wildman–Crippen LogP) is 4.61. The maximum absolute atomic E-state index is 13.7. The Morgan fingerprint density at radius 1 is 0.690 bits per heavy atom. The molecule has 0 amide bonds. The Morgan fingerprint density at radius 2 is 1.21 bits per heavy atom. The van der Waals surface area contributed by atoms with E-state index in [1.165, 1.54) is 61.5 Å². The first-order valence-corrected chi connectivity index (χ1v) is 8.45. The lowest BCUT2D eigenvalue weighted by Gasteiger charge is -2.11. The standard InChI is InChI=1S/C22H14F2O5/c1-13(25)17-12-14(28-21(26)15-6-2-4-8-18(15)23)10-11-20(17)29-22(27)16-7-3-5-9-19(16)24/h2-12H,1H3. The summed E-state index contributed by atoms with van der Waals surface area (Å²) in [5.41, 5.74) is -0.627. The van der Waals surface area contributed by atoms with Crippen molar-refractivity contribution in [2.75, 3.05) is 0 Å². The number of rotatable bonds is 5. The second-order valence-corrected chi connectivity index (χ2v) is 5.95. The van der Waals surface area contributed by atoms with E-state index in [4.69, 9.17) is 9.47 Å². The summed E-state index contributed by atoms with van der Waals surface area (Å²) in [6, 6.07) is 14.2. The third kappa shape index (κ3) is 4.52. The SMILES string of the molecule is CC(=O)c1cc(OC(=O)c2ccccc2F)ccc1OC(=O)c1ccccc1F. The second-order valence-electron chi connectivity index (χ2n) is 5.95. The lowest BCUT2D eigenvalue weighted by molar-refractivity contribution is 0.0711. The van der Waals surface area contributed by atoms with Gasteiger partial charge in [-0.05, 0) is 49.4 Å². The topological polar surface area (TPSA) is 69.7 Å². The van der Waals surface area contributed by atoms with Gasteiger partial charge in [-0.15, -0.1) is 0 Å². The molecule has 146 valence electrons. The fourth-order valence-corrected chi connectivity index (χ4v) is 2.51. The Balaban J connectivity index is 1.85. The molecular weight excluding hydrogens is 382 g/mol. The molecular formula is C22H14F2O5. The van der Waals surface area contributed by atoms with E-state index in [1.807, 2.05) is 0 Å². The Bertz CT molecular complexity index is 1110. The van der Waals surface area contributed by atoms with Crippen LogP contribution in [0.1, 0.15) is 38.0 Å². The van der Waals surface area contributed by atoms with Gasteiger partial charge in [0.1, 0.15) is 23.1 Å². The average Bonchev–Trinajstić information content (AvgIpc) is 2.69. The van der Waals surface area contributed by atoms with E-state index in [9.17, 15) is 23.2 Å². The van der Waals surface area contributed by atoms with Gasteiger partial charge in [0.15, 0.2) is 5.78 Å². The number of esters is 2. The first kappa shape index (κ1) is 19.9. The normalized spacial score (nSPS) is 10.3. The van der Waals surface area contributed by atoms with E-state index in [0.717, 1.165) is 12.1 Å². The van der Waals surface area contributed by atoms with Crippen molar-refractivity contribution in [1.29, 1.82) is 0 Å². The van der Waals surface area contributed by atoms with E-state index < -0.39 is 29.4 Å². The summed E-state index contributed by atoms with van der Waals surface area (Å²) in [6.45, 7) is 1.22.